The van der Waals surface area contributed by atoms with Gasteiger partial charge in [-0.3, -0.25) is 0 Å². The molecule has 0 saturated heterocycles. The molecule has 22 heavy (non-hydrogen) atoms. The minimum atomic E-state index is -0.724. The highest BCUT2D eigenvalue weighted by atomic mass is 16.7. The van der Waals surface area contributed by atoms with Crippen LogP contribution < -0.4 is 0 Å². The summed E-state index contributed by atoms with van der Waals surface area (Å²) in [5, 5.41) is 10.7. The number of methoxy groups -OCH3 is 1. The maximum atomic E-state index is 10.8. The van der Waals surface area contributed by atoms with Gasteiger partial charge in [-0.15, -0.1) is 0 Å². The zero-order valence-corrected chi connectivity index (χ0v) is 14.3. The third-order valence-electron chi connectivity index (χ3n) is 3.54. The zero-order chi connectivity index (χ0) is 16.7. The standard InChI is InChI=1S/C18H32O4/c1-4-6-9-13-18(20,14-10-7-5-2)15-11-8-12-16-22-17(19)21-3/h8,11-12,15,20H,4-7,9-10,13-14,16H2,1-3H3/b12-8+,15-11+. The highest BCUT2D eigenvalue weighted by Crippen LogP contribution is 2.24. The van der Waals surface area contributed by atoms with E-state index in [1.54, 1.807) is 12.2 Å². The molecule has 0 aliphatic rings. The van der Waals surface area contributed by atoms with Crippen molar-refractivity contribution in [2.24, 2.45) is 0 Å². The van der Waals surface area contributed by atoms with Crippen LogP contribution in [0.5, 0.6) is 0 Å². The Hall–Kier alpha value is -1.29. The van der Waals surface area contributed by atoms with E-state index in [2.05, 4.69) is 18.6 Å². The van der Waals surface area contributed by atoms with Crippen molar-refractivity contribution < 1.29 is 19.4 Å². The molecule has 0 aromatic carbocycles. The Morgan fingerprint density at radius 3 is 2.14 bits per heavy atom. The number of allylic oxidation sites excluding steroid dienone is 2. The lowest BCUT2D eigenvalue weighted by atomic mass is 9.89. The maximum Gasteiger partial charge on any atom is 0.508 e. The first kappa shape index (κ1) is 20.7. The lowest BCUT2D eigenvalue weighted by Gasteiger charge is -2.24. The number of unbranched alkanes of at least 4 members (excludes halogenated alkanes) is 4. The minimum Gasteiger partial charge on any atom is -0.438 e. The second-order valence-electron chi connectivity index (χ2n) is 5.57. The Morgan fingerprint density at radius 2 is 1.64 bits per heavy atom. The molecule has 0 spiro atoms. The van der Waals surface area contributed by atoms with Crippen LogP contribution in [-0.4, -0.2) is 30.6 Å². The number of hydrogen-bond donors (Lipinski definition) is 1. The lowest BCUT2D eigenvalue weighted by molar-refractivity contribution is 0.0665. The van der Waals surface area contributed by atoms with Gasteiger partial charge >= 0.3 is 6.16 Å². The van der Waals surface area contributed by atoms with Crippen molar-refractivity contribution in [3.63, 3.8) is 0 Å². The highest BCUT2D eigenvalue weighted by Gasteiger charge is 2.21. The summed E-state index contributed by atoms with van der Waals surface area (Å²) in [6.45, 7) is 4.49. The van der Waals surface area contributed by atoms with Gasteiger partial charge in [0.2, 0.25) is 0 Å². The molecule has 128 valence electrons. The fourth-order valence-electron chi connectivity index (χ4n) is 2.20. The van der Waals surface area contributed by atoms with E-state index in [0.717, 1.165) is 51.4 Å². The van der Waals surface area contributed by atoms with Crippen LogP contribution in [0.2, 0.25) is 0 Å². The summed E-state index contributed by atoms with van der Waals surface area (Å²) in [6, 6.07) is 0. The summed E-state index contributed by atoms with van der Waals surface area (Å²) >= 11 is 0. The molecule has 0 aromatic rings. The molecular formula is C18H32O4. The smallest absolute Gasteiger partial charge is 0.438 e. The maximum absolute atomic E-state index is 10.8. The summed E-state index contributed by atoms with van der Waals surface area (Å²) in [5.41, 5.74) is -0.724. The first-order chi connectivity index (χ1) is 10.6. The molecule has 4 heteroatoms. The Balaban J connectivity index is 4.31. The van der Waals surface area contributed by atoms with E-state index in [0.29, 0.717) is 0 Å². The molecule has 0 saturated carbocycles. The summed E-state index contributed by atoms with van der Waals surface area (Å²) in [4.78, 5) is 10.8. The number of carbonyl (C=O) groups is 1. The predicted molar refractivity (Wildman–Crippen MR) is 89.9 cm³/mol. The Morgan fingerprint density at radius 1 is 1.05 bits per heavy atom. The van der Waals surface area contributed by atoms with Crippen LogP contribution in [0, 0.1) is 0 Å². The van der Waals surface area contributed by atoms with Crippen LogP contribution in [0.1, 0.15) is 65.2 Å². The molecule has 1 N–H and O–H groups in total. The van der Waals surface area contributed by atoms with E-state index in [-0.39, 0.29) is 6.61 Å². The largest absolute Gasteiger partial charge is 0.508 e. The second kappa shape index (κ2) is 13.4. The van der Waals surface area contributed by atoms with Crippen LogP contribution in [0.25, 0.3) is 0 Å². The van der Waals surface area contributed by atoms with Crippen LogP contribution in [-0.2, 0) is 9.47 Å². The van der Waals surface area contributed by atoms with E-state index < -0.39 is 11.8 Å². The van der Waals surface area contributed by atoms with Gasteiger partial charge in [0, 0.05) is 0 Å². The number of ether oxygens (including phenoxy) is 2. The third-order valence-corrected chi connectivity index (χ3v) is 3.54. The van der Waals surface area contributed by atoms with Gasteiger partial charge in [-0.1, -0.05) is 70.6 Å². The molecule has 0 radical (unpaired) electrons. The first-order valence-corrected chi connectivity index (χ1v) is 8.35. The molecule has 0 aliphatic heterocycles. The SMILES string of the molecule is CCCCCC(O)(/C=C/C=C/COC(=O)OC)CCCCC. The highest BCUT2D eigenvalue weighted by molar-refractivity contribution is 5.59. The topological polar surface area (TPSA) is 55.8 Å². The minimum absolute atomic E-state index is 0.168. The molecule has 0 bridgehead atoms. The Kier molecular flexibility index (Phi) is 12.6. The van der Waals surface area contributed by atoms with Crippen molar-refractivity contribution >= 4 is 6.16 Å². The zero-order valence-electron chi connectivity index (χ0n) is 14.3. The normalized spacial score (nSPS) is 12.2. The Labute approximate surface area is 135 Å². The number of hydrogen-bond acceptors (Lipinski definition) is 4. The molecule has 0 fully saturated rings. The van der Waals surface area contributed by atoms with Gasteiger partial charge in [-0.25, -0.2) is 4.79 Å². The van der Waals surface area contributed by atoms with Gasteiger partial charge in [0.05, 0.1) is 12.7 Å². The van der Waals surface area contributed by atoms with Crippen molar-refractivity contribution in [3.05, 3.63) is 24.3 Å². The second-order valence-corrected chi connectivity index (χ2v) is 5.57. The fraction of sp³-hybridized carbons (Fsp3) is 0.722. The van der Waals surface area contributed by atoms with Gasteiger partial charge in [0.1, 0.15) is 6.61 Å². The average Bonchev–Trinajstić information content (AvgIpc) is 2.51. The number of aliphatic hydroxyl groups is 1. The first-order valence-electron chi connectivity index (χ1n) is 8.35. The average molecular weight is 312 g/mol. The van der Waals surface area contributed by atoms with Gasteiger partial charge in [0.25, 0.3) is 0 Å². The summed E-state index contributed by atoms with van der Waals surface area (Å²) in [5.74, 6) is 0. The Bertz CT molecular complexity index is 324. The number of carbonyl (C=O) groups excluding carboxylic acids is 1. The van der Waals surface area contributed by atoms with Crippen LogP contribution in [0.3, 0.4) is 0 Å². The molecule has 0 heterocycles. The van der Waals surface area contributed by atoms with Crippen LogP contribution in [0.4, 0.5) is 4.79 Å². The monoisotopic (exact) mass is 312 g/mol. The summed E-state index contributed by atoms with van der Waals surface area (Å²) in [6.07, 6.45) is 14.8. The molecule has 0 amide bonds. The molecule has 0 atom stereocenters. The fourth-order valence-corrected chi connectivity index (χ4v) is 2.20. The molecule has 0 unspecified atom stereocenters. The van der Waals surface area contributed by atoms with E-state index in [9.17, 15) is 9.90 Å². The van der Waals surface area contributed by atoms with Crippen molar-refractivity contribution in [3.8, 4) is 0 Å². The van der Waals surface area contributed by atoms with Gasteiger partial charge < -0.3 is 14.6 Å². The van der Waals surface area contributed by atoms with E-state index in [1.807, 2.05) is 12.2 Å². The van der Waals surface area contributed by atoms with Crippen molar-refractivity contribution in [1.82, 2.24) is 0 Å². The van der Waals surface area contributed by atoms with Gasteiger partial charge in [-0.05, 0) is 18.9 Å². The third kappa shape index (κ3) is 11.4. The van der Waals surface area contributed by atoms with Crippen molar-refractivity contribution in [2.45, 2.75) is 70.8 Å². The van der Waals surface area contributed by atoms with Crippen LogP contribution >= 0.6 is 0 Å². The van der Waals surface area contributed by atoms with E-state index >= 15 is 0 Å². The van der Waals surface area contributed by atoms with Crippen molar-refractivity contribution in [1.29, 1.82) is 0 Å². The molecule has 0 aromatic heterocycles. The quantitative estimate of drug-likeness (QED) is 0.320. The molecule has 0 rings (SSSR count). The molecular weight excluding hydrogens is 280 g/mol. The van der Waals surface area contributed by atoms with E-state index in [4.69, 9.17) is 4.74 Å². The van der Waals surface area contributed by atoms with Crippen LogP contribution in [0.15, 0.2) is 24.3 Å². The predicted octanol–water partition coefficient (Wildman–Crippen LogP) is 4.77. The summed E-state index contributed by atoms with van der Waals surface area (Å²) in [7, 11) is 1.28. The molecule has 0 aliphatic carbocycles. The van der Waals surface area contributed by atoms with Gasteiger partial charge in [-0.2, -0.15) is 0 Å². The number of rotatable bonds is 12. The molecule has 4 nitrogen and oxygen atoms in total. The lowest BCUT2D eigenvalue weighted by Crippen LogP contribution is -2.25. The van der Waals surface area contributed by atoms with E-state index in [1.165, 1.54) is 7.11 Å². The summed E-state index contributed by atoms with van der Waals surface area (Å²) < 4.78 is 9.11. The van der Waals surface area contributed by atoms with Gasteiger partial charge in [0.15, 0.2) is 0 Å². The van der Waals surface area contributed by atoms with Crippen molar-refractivity contribution in [2.75, 3.05) is 13.7 Å².